The molecule has 1 heterocycles. The number of rotatable bonds is 8. The molecule has 0 aliphatic heterocycles. The third-order valence-electron chi connectivity index (χ3n) is 4.70. The van der Waals surface area contributed by atoms with Gasteiger partial charge in [0, 0.05) is 22.7 Å². The van der Waals surface area contributed by atoms with E-state index in [1.54, 1.807) is 7.11 Å². The first-order chi connectivity index (χ1) is 15.2. The Morgan fingerprint density at radius 2 is 1.78 bits per heavy atom. The van der Waals surface area contributed by atoms with Gasteiger partial charge in [0.1, 0.15) is 12.2 Å². The lowest BCUT2D eigenvalue weighted by atomic mass is 10.1. The third kappa shape index (κ3) is 6.01. The molecule has 0 spiro atoms. The van der Waals surface area contributed by atoms with Gasteiger partial charge in [0.05, 0.1) is 18.4 Å². The minimum atomic E-state index is -0.539. The van der Waals surface area contributed by atoms with Crippen molar-refractivity contribution in [2.24, 2.45) is 0 Å². The van der Waals surface area contributed by atoms with Gasteiger partial charge in [0.2, 0.25) is 0 Å². The molecule has 0 saturated heterocycles. The molecule has 0 unspecified atom stereocenters. The zero-order valence-corrected chi connectivity index (χ0v) is 19.9. The predicted octanol–water partition coefficient (Wildman–Crippen LogP) is 5.26. The number of thiophene rings is 1. The van der Waals surface area contributed by atoms with Gasteiger partial charge in [-0.15, -0.1) is 11.3 Å². The average Bonchev–Trinajstić information content (AvgIpc) is 3.06. The van der Waals surface area contributed by atoms with Crippen LogP contribution in [0.1, 0.15) is 48.0 Å². The summed E-state index contributed by atoms with van der Waals surface area (Å²) in [5.74, 6) is 0.696. The number of hydrogen-bond donors (Lipinski definition) is 1. The largest absolute Gasteiger partial charge is 0.493 e. The van der Waals surface area contributed by atoms with E-state index < -0.39 is 5.60 Å². The Bertz CT molecular complexity index is 1100. The van der Waals surface area contributed by atoms with Crippen LogP contribution in [0.25, 0.3) is 10.1 Å². The van der Waals surface area contributed by atoms with Gasteiger partial charge in [-0.05, 0) is 44.9 Å². The van der Waals surface area contributed by atoms with Crippen molar-refractivity contribution in [3.8, 4) is 11.5 Å². The minimum absolute atomic E-state index is 0.123. The number of hydrogen-bond acceptors (Lipinski definition) is 6. The van der Waals surface area contributed by atoms with Crippen molar-refractivity contribution in [2.75, 3.05) is 13.7 Å². The van der Waals surface area contributed by atoms with E-state index in [-0.39, 0.29) is 24.8 Å². The number of methoxy groups -OCH3 is 1. The molecule has 1 N–H and O–H groups in total. The standard InChI is InChI=1S/C25H29NO5S/c1-16-18-13-20(30-15-17-9-7-6-8-10-17)19(29-5)14-21(18)32-23(16)24(28)26-12-11-22(27)31-25(2,3)4/h6-10,13-14H,11-12,15H2,1-5H3,(H,26,28). The lowest BCUT2D eigenvalue weighted by molar-refractivity contribution is -0.154. The summed E-state index contributed by atoms with van der Waals surface area (Å²) in [7, 11) is 1.60. The summed E-state index contributed by atoms with van der Waals surface area (Å²) in [6.45, 7) is 8.00. The van der Waals surface area contributed by atoms with Gasteiger partial charge in [-0.2, -0.15) is 0 Å². The van der Waals surface area contributed by atoms with Gasteiger partial charge in [-0.1, -0.05) is 30.3 Å². The highest BCUT2D eigenvalue weighted by Crippen LogP contribution is 2.39. The molecule has 0 radical (unpaired) electrons. The molecule has 0 aliphatic carbocycles. The lowest BCUT2D eigenvalue weighted by Gasteiger charge is -2.19. The van der Waals surface area contributed by atoms with Gasteiger partial charge in [0.15, 0.2) is 11.5 Å². The maximum atomic E-state index is 12.7. The van der Waals surface area contributed by atoms with Crippen LogP contribution in [-0.4, -0.2) is 31.1 Å². The van der Waals surface area contributed by atoms with Crippen LogP contribution in [0.4, 0.5) is 0 Å². The van der Waals surface area contributed by atoms with Crippen molar-refractivity contribution >= 4 is 33.3 Å². The van der Waals surface area contributed by atoms with Crippen molar-refractivity contribution in [3.63, 3.8) is 0 Å². The van der Waals surface area contributed by atoms with E-state index in [4.69, 9.17) is 14.2 Å². The molecule has 0 atom stereocenters. The fourth-order valence-corrected chi connectivity index (χ4v) is 4.34. The number of carbonyl (C=O) groups excluding carboxylic acids is 2. The summed E-state index contributed by atoms with van der Waals surface area (Å²) >= 11 is 1.39. The topological polar surface area (TPSA) is 73.9 Å². The fourth-order valence-electron chi connectivity index (χ4n) is 3.20. The Morgan fingerprint density at radius 1 is 1.06 bits per heavy atom. The highest BCUT2D eigenvalue weighted by atomic mass is 32.1. The second-order valence-corrected chi connectivity index (χ2v) is 9.47. The Labute approximate surface area is 192 Å². The fraction of sp³-hybridized carbons (Fsp3) is 0.360. The smallest absolute Gasteiger partial charge is 0.308 e. The lowest BCUT2D eigenvalue weighted by Crippen LogP contribution is -2.29. The molecule has 3 rings (SSSR count). The molecular weight excluding hydrogens is 426 g/mol. The van der Waals surface area contributed by atoms with Gasteiger partial charge in [-0.25, -0.2) is 0 Å². The normalized spacial score (nSPS) is 11.3. The Balaban J connectivity index is 1.72. The molecule has 170 valence electrons. The number of ether oxygens (including phenoxy) is 3. The van der Waals surface area contributed by atoms with E-state index in [1.807, 2.05) is 70.2 Å². The molecule has 0 saturated carbocycles. The zero-order valence-electron chi connectivity index (χ0n) is 19.1. The van der Waals surface area contributed by atoms with E-state index in [9.17, 15) is 9.59 Å². The first-order valence-corrected chi connectivity index (χ1v) is 11.3. The molecule has 1 aromatic heterocycles. The molecular formula is C25H29NO5S. The molecule has 0 fully saturated rings. The molecule has 3 aromatic rings. The van der Waals surface area contributed by atoms with Crippen LogP contribution in [0, 0.1) is 6.92 Å². The highest BCUT2D eigenvalue weighted by molar-refractivity contribution is 7.21. The Hall–Kier alpha value is -3.06. The Kier molecular flexibility index (Phi) is 7.40. The van der Waals surface area contributed by atoms with E-state index in [1.165, 1.54) is 11.3 Å². The third-order valence-corrected chi connectivity index (χ3v) is 5.95. The maximum absolute atomic E-state index is 12.7. The monoisotopic (exact) mass is 455 g/mol. The summed E-state index contributed by atoms with van der Waals surface area (Å²) < 4.78 is 17.7. The predicted molar refractivity (Wildman–Crippen MR) is 127 cm³/mol. The van der Waals surface area contributed by atoms with Crippen LogP contribution in [-0.2, 0) is 16.1 Å². The van der Waals surface area contributed by atoms with Crippen LogP contribution in [0.5, 0.6) is 11.5 Å². The van der Waals surface area contributed by atoms with E-state index >= 15 is 0 Å². The molecule has 2 aromatic carbocycles. The molecule has 7 heteroatoms. The van der Waals surface area contributed by atoms with Crippen molar-refractivity contribution in [1.29, 1.82) is 0 Å². The van der Waals surface area contributed by atoms with Crippen LogP contribution < -0.4 is 14.8 Å². The number of benzene rings is 2. The molecule has 6 nitrogen and oxygen atoms in total. The molecule has 32 heavy (non-hydrogen) atoms. The van der Waals surface area contributed by atoms with Crippen LogP contribution in [0.3, 0.4) is 0 Å². The van der Waals surface area contributed by atoms with E-state index in [0.29, 0.717) is 23.0 Å². The van der Waals surface area contributed by atoms with Crippen molar-refractivity contribution < 1.29 is 23.8 Å². The minimum Gasteiger partial charge on any atom is -0.493 e. The number of carbonyl (C=O) groups is 2. The average molecular weight is 456 g/mol. The van der Waals surface area contributed by atoms with Gasteiger partial charge >= 0.3 is 5.97 Å². The first kappa shape index (κ1) is 23.6. The van der Waals surface area contributed by atoms with Crippen molar-refractivity contribution in [1.82, 2.24) is 5.32 Å². The summed E-state index contributed by atoms with van der Waals surface area (Å²) in [6.07, 6.45) is 0.123. The number of nitrogens with one attached hydrogen (secondary N) is 1. The van der Waals surface area contributed by atoms with Crippen LogP contribution >= 0.6 is 11.3 Å². The molecule has 0 aliphatic rings. The van der Waals surface area contributed by atoms with E-state index in [0.717, 1.165) is 21.2 Å². The number of amides is 1. The Morgan fingerprint density at radius 3 is 2.44 bits per heavy atom. The number of fused-ring (bicyclic) bond motifs is 1. The number of aryl methyl sites for hydroxylation is 1. The van der Waals surface area contributed by atoms with E-state index in [2.05, 4.69) is 5.32 Å². The highest BCUT2D eigenvalue weighted by Gasteiger charge is 2.20. The molecule has 1 amide bonds. The van der Waals surface area contributed by atoms with Crippen LogP contribution in [0.15, 0.2) is 42.5 Å². The quantitative estimate of drug-likeness (QED) is 0.469. The van der Waals surface area contributed by atoms with Crippen LogP contribution in [0.2, 0.25) is 0 Å². The summed E-state index contributed by atoms with van der Waals surface area (Å²) in [4.78, 5) is 25.2. The van der Waals surface area contributed by atoms with Crippen molar-refractivity contribution in [2.45, 2.75) is 46.3 Å². The van der Waals surface area contributed by atoms with Crippen molar-refractivity contribution in [3.05, 3.63) is 58.5 Å². The zero-order chi connectivity index (χ0) is 23.3. The summed E-state index contributed by atoms with van der Waals surface area (Å²) in [5, 5.41) is 3.76. The second-order valence-electron chi connectivity index (χ2n) is 8.42. The first-order valence-electron chi connectivity index (χ1n) is 10.5. The summed E-state index contributed by atoms with van der Waals surface area (Å²) in [6, 6.07) is 13.7. The molecule has 0 bridgehead atoms. The second kappa shape index (κ2) is 10.0. The van der Waals surface area contributed by atoms with Gasteiger partial charge in [0.25, 0.3) is 5.91 Å². The SMILES string of the molecule is COc1cc2sc(C(=O)NCCC(=O)OC(C)(C)C)c(C)c2cc1OCc1ccccc1. The van der Waals surface area contributed by atoms with Gasteiger partial charge < -0.3 is 19.5 Å². The number of esters is 1. The summed E-state index contributed by atoms with van der Waals surface area (Å²) in [5.41, 5.74) is 1.39. The maximum Gasteiger partial charge on any atom is 0.308 e. The van der Waals surface area contributed by atoms with Gasteiger partial charge in [-0.3, -0.25) is 9.59 Å².